The number of para-hydroxylation sites is 1. The molecule has 2 aromatic heterocycles. The van der Waals surface area contributed by atoms with E-state index >= 15 is 0 Å². The fourth-order valence-corrected chi connectivity index (χ4v) is 3.27. The van der Waals surface area contributed by atoms with Gasteiger partial charge in [0, 0.05) is 14.7 Å². The van der Waals surface area contributed by atoms with E-state index in [9.17, 15) is 4.79 Å². The van der Waals surface area contributed by atoms with Crippen molar-refractivity contribution in [2.75, 3.05) is 0 Å². The Morgan fingerprint density at radius 2 is 2.17 bits per heavy atom. The van der Waals surface area contributed by atoms with Crippen LogP contribution in [0.1, 0.15) is 4.88 Å². The SMILES string of the molecule is O=c1c2ccccc2ncn1Cc1cc(Br)cs1. The Hall–Kier alpha value is -1.46. The number of hydrogen-bond acceptors (Lipinski definition) is 3. The van der Waals surface area contributed by atoms with Gasteiger partial charge in [-0.3, -0.25) is 9.36 Å². The van der Waals surface area contributed by atoms with E-state index in [1.54, 1.807) is 22.2 Å². The number of thiophene rings is 1. The van der Waals surface area contributed by atoms with Crippen LogP contribution in [-0.2, 0) is 6.54 Å². The average Bonchev–Trinajstić information content (AvgIpc) is 2.79. The third-order valence-electron chi connectivity index (χ3n) is 2.68. The van der Waals surface area contributed by atoms with Gasteiger partial charge in [0.1, 0.15) is 0 Å². The standard InChI is InChI=1S/C13H9BrN2OS/c14-9-5-10(18-7-9)6-16-8-15-12-4-2-1-3-11(12)13(16)17/h1-5,7-8H,6H2. The summed E-state index contributed by atoms with van der Waals surface area (Å²) >= 11 is 5.04. The van der Waals surface area contributed by atoms with Gasteiger partial charge in [-0.1, -0.05) is 12.1 Å². The highest BCUT2D eigenvalue weighted by atomic mass is 79.9. The molecule has 3 nitrogen and oxygen atoms in total. The molecular weight excluding hydrogens is 312 g/mol. The van der Waals surface area contributed by atoms with Crippen LogP contribution in [0, 0.1) is 0 Å². The number of halogens is 1. The van der Waals surface area contributed by atoms with Crippen molar-refractivity contribution >= 4 is 38.2 Å². The maximum absolute atomic E-state index is 12.3. The maximum atomic E-state index is 12.3. The van der Waals surface area contributed by atoms with E-state index in [1.807, 2.05) is 35.7 Å². The molecule has 0 fully saturated rings. The van der Waals surface area contributed by atoms with E-state index in [2.05, 4.69) is 20.9 Å². The second-order valence-electron chi connectivity index (χ2n) is 3.93. The molecule has 0 radical (unpaired) electrons. The minimum atomic E-state index is 0.00474. The molecule has 90 valence electrons. The molecule has 1 aromatic carbocycles. The van der Waals surface area contributed by atoms with Crippen molar-refractivity contribution in [1.29, 1.82) is 0 Å². The highest BCUT2D eigenvalue weighted by molar-refractivity contribution is 9.10. The van der Waals surface area contributed by atoms with Crippen molar-refractivity contribution in [3.63, 3.8) is 0 Å². The van der Waals surface area contributed by atoms with Gasteiger partial charge in [0.25, 0.3) is 5.56 Å². The summed E-state index contributed by atoms with van der Waals surface area (Å²) in [5, 5.41) is 2.67. The molecule has 18 heavy (non-hydrogen) atoms. The van der Waals surface area contributed by atoms with Gasteiger partial charge in [0.15, 0.2) is 0 Å². The molecule has 0 N–H and O–H groups in total. The van der Waals surface area contributed by atoms with Crippen LogP contribution in [0.15, 0.2) is 51.3 Å². The second-order valence-corrected chi connectivity index (χ2v) is 5.84. The van der Waals surface area contributed by atoms with Gasteiger partial charge in [-0.25, -0.2) is 4.98 Å². The molecule has 0 bridgehead atoms. The molecular formula is C13H9BrN2OS. The molecule has 0 amide bonds. The zero-order valence-corrected chi connectivity index (χ0v) is 11.7. The third kappa shape index (κ3) is 2.11. The first-order chi connectivity index (χ1) is 8.74. The molecule has 2 heterocycles. The highest BCUT2D eigenvalue weighted by Crippen LogP contribution is 2.20. The molecule has 3 aromatic rings. The first kappa shape index (κ1) is 11.6. The number of nitrogens with zero attached hydrogens (tertiary/aromatic N) is 2. The fourth-order valence-electron chi connectivity index (χ4n) is 1.82. The molecule has 0 saturated heterocycles. The zero-order valence-electron chi connectivity index (χ0n) is 9.34. The van der Waals surface area contributed by atoms with Gasteiger partial charge in [-0.05, 0) is 34.1 Å². The molecule has 0 aliphatic heterocycles. The summed E-state index contributed by atoms with van der Waals surface area (Å²) in [7, 11) is 0. The van der Waals surface area contributed by atoms with Gasteiger partial charge in [-0.15, -0.1) is 11.3 Å². The summed E-state index contributed by atoms with van der Waals surface area (Å²) in [4.78, 5) is 17.7. The predicted octanol–water partition coefficient (Wildman–Crippen LogP) is 3.27. The van der Waals surface area contributed by atoms with Gasteiger partial charge in [0.05, 0.1) is 23.8 Å². The number of aromatic nitrogens is 2. The summed E-state index contributed by atoms with van der Waals surface area (Å²) in [6.45, 7) is 0.562. The van der Waals surface area contributed by atoms with E-state index in [1.165, 1.54) is 0 Å². The van der Waals surface area contributed by atoms with Crippen LogP contribution in [0.3, 0.4) is 0 Å². The van der Waals surface area contributed by atoms with Crippen LogP contribution >= 0.6 is 27.3 Å². The van der Waals surface area contributed by atoms with Crippen molar-refractivity contribution in [1.82, 2.24) is 9.55 Å². The Labute approximate surface area is 116 Å². The Bertz CT molecular complexity index is 763. The summed E-state index contributed by atoms with van der Waals surface area (Å²) in [5.41, 5.74) is 0.747. The lowest BCUT2D eigenvalue weighted by Crippen LogP contribution is -2.20. The molecule has 3 rings (SSSR count). The average molecular weight is 321 g/mol. The molecule has 0 saturated carbocycles. The molecule has 0 aliphatic rings. The summed E-state index contributed by atoms with van der Waals surface area (Å²) < 4.78 is 2.69. The van der Waals surface area contributed by atoms with Crippen molar-refractivity contribution in [2.45, 2.75) is 6.54 Å². The van der Waals surface area contributed by atoms with Crippen LogP contribution in [0.5, 0.6) is 0 Å². The quantitative estimate of drug-likeness (QED) is 0.726. The van der Waals surface area contributed by atoms with Crippen molar-refractivity contribution in [2.24, 2.45) is 0 Å². The van der Waals surface area contributed by atoms with Crippen LogP contribution in [0.25, 0.3) is 10.9 Å². The number of fused-ring (bicyclic) bond motifs is 1. The van der Waals surface area contributed by atoms with Gasteiger partial charge in [-0.2, -0.15) is 0 Å². The Morgan fingerprint density at radius 1 is 1.33 bits per heavy atom. The second kappa shape index (κ2) is 4.66. The lowest BCUT2D eigenvalue weighted by Gasteiger charge is -2.04. The first-order valence-electron chi connectivity index (χ1n) is 5.41. The van der Waals surface area contributed by atoms with Crippen LogP contribution < -0.4 is 5.56 Å². The minimum absolute atomic E-state index is 0.00474. The van der Waals surface area contributed by atoms with Crippen LogP contribution in [0.2, 0.25) is 0 Å². The molecule has 0 aliphatic carbocycles. The van der Waals surface area contributed by atoms with E-state index in [0.717, 1.165) is 14.9 Å². The number of rotatable bonds is 2. The minimum Gasteiger partial charge on any atom is -0.293 e. The lowest BCUT2D eigenvalue weighted by molar-refractivity contribution is 0.758. The van der Waals surface area contributed by atoms with Gasteiger partial charge in [0.2, 0.25) is 0 Å². The van der Waals surface area contributed by atoms with E-state index in [4.69, 9.17) is 0 Å². The summed E-state index contributed by atoms with van der Waals surface area (Å²) in [6, 6.07) is 9.42. The lowest BCUT2D eigenvalue weighted by atomic mass is 10.2. The largest absolute Gasteiger partial charge is 0.293 e. The molecule has 5 heteroatoms. The Balaban J connectivity index is 2.08. The monoisotopic (exact) mass is 320 g/mol. The maximum Gasteiger partial charge on any atom is 0.261 e. The number of hydrogen-bond donors (Lipinski definition) is 0. The Morgan fingerprint density at radius 3 is 2.94 bits per heavy atom. The van der Waals surface area contributed by atoms with Crippen molar-refractivity contribution in [3.05, 3.63) is 61.7 Å². The topological polar surface area (TPSA) is 34.9 Å². The van der Waals surface area contributed by atoms with E-state index in [0.29, 0.717) is 11.9 Å². The third-order valence-corrected chi connectivity index (χ3v) is 4.36. The summed E-state index contributed by atoms with van der Waals surface area (Å²) in [5.74, 6) is 0. The van der Waals surface area contributed by atoms with Crippen molar-refractivity contribution in [3.8, 4) is 0 Å². The Kier molecular flexibility index (Phi) is 3.01. The molecule has 0 spiro atoms. The highest BCUT2D eigenvalue weighted by Gasteiger charge is 2.05. The first-order valence-corrected chi connectivity index (χ1v) is 7.08. The van der Waals surface area contributed by atoms with E-state index < -0.39 is 0 Å². The van der Waals surface area contributed by atoms with Crippen LogP contribution in [0.4, 0.5) is 0 Å². The molecule has 0 atom stereocenters. The zero-order chi connectivity index (χ0) is 12.5. The van der Waals surface area contributed by atoms with Gasteiger partial charge >= 0.3 is 0 Å². The molecule has 0 unspecified atom stereocenters. The predicted molar refractivity (Wildman–Crippen MR) is 77.1 cm³/mol. The van der Waals surface area contributed by atoms with E-state index in [-0.39, 0.29) is 5.56 Å². The summed E-state index contributed by atoms with van der Waals surface area (Å²) in [6.07, 6.45) is 1.61. The smallest absolute Gasteiger partial charge is 0.261 e. The normalized spacial score (nSPS) is 10.9. The fraction of sp³-hybridized carbons (Fsp3) is 0.0769. The van der Waals surface area contributed by atoms with Crippen molar-refractivity contribution < 1.29 is 0 Å². The number of benzene rings is 1. The van der Waals surface area contributed by atoms with Gasteiger partial charge < -0.3 is 0 Å². The van der Waals surface area contributed by atoms with Crippen LogP contribution in [-0.4, -0.2) is 9.55 Å².